The number of rotatable bonds is 8. The van der Waals surface area contributed by atoms with Gasteiger partial charge in [-0.3, -0.25) is 14.5 Å². The second-order valence-electron chi connectivity index (χ2n) is 21.1. The van der Waals surface area contributed by atoms with Crippen LogP contribution in [0.2, 0.25) is 0 Å². The predicted octanol–water partition coefficient (Wildman–Crippen LogP) is 10.3. The number of ketones is 1. The van der Waals surface area contributed by atoms with Crippen molar-refractivity contribution in [1.29, 1.82) is 0 Å². The average Bonchev–Trinajstić information content (AvgIpc) is 3.85. The summed E-state index contributed by atoms with van der Waals surface area (Å²) in [6, 6.07) is 11.1. The van der Waals surface area contributed by atoms with Gasteiger partial charge in [-0.2, -0.15) is 0 Å². The number of amides is 1. The van der Waals surface area contributed by atoms with Crippen LogP contribution in [0.4, 0.5) is 0 Å². The van der Waals surface area contributed by atoms with Crippen molar-refractivity contribution in [3.05, 3.63) is 47.0 Å². The minimum Gasteiger partial charge on any atom is -0.375 e. The van der Waals surface area contributed by atoms with Crippen LogP contribution in [-0.2, 0) is 20.9 Å². The van der Waals surface area contributed by atoms with Gasteiger partial charge in [0.2, 0.25) is 5.91 Å². The molecule has 5 nitrogen and oxygen atoms in total. The van der Waals surface area contributed by atoms with Crippen molar-refractivity contribution < 1.29 is 14.3 Å². The van der Waals surface area contributed by atoms with Crippen LogP contribution >= 0.6 is 0 Å². The van der Waals surface area contributed by atoms with Crippen molar-refractivity contribution in [1.82, 2.24) is 9.80 Å². The number of hydrogen-bond donors (Lipinski definition) is 0. The molecule has 1 aromatic rings. The summed E-state index contributed by atoms with van der Waals surface area (Å²) in [5.41, 5.74) is 4.03. The Bertz CT molecular complexity index is 1600. The monoisotopic (exact) mass is 725 g/mol. The van der Waals surface area contributed by atoms with Gasteiger partial charge in [0.25, 0.3) is 0 Å². The second-order valence-corrected chi connectivity index (χ2v) is 21.1. The number of ether oxygens (including phenoxy) is 1. The van der Waals surface area contributed by atoms with E-state index in [9.17, 15) is 4.79 Å². The Labute approximate surface area is 322 Å². The van der Waals surface area contributed by atoms with Crippen molar-refractivity contribution in [2.24, 2.45) is 56.7 Å². The quantitative estimate of drug-likeness (QED) is 0.268. The first-order chi connectivity index (χ1) is 25.2. The van der Waals surface area contributed by atoms with Gasteiger partial charge < -0.3 is 9.64 Å². The molecular formula is C48H72N2O3. The van der Waals surface area contributed by atoms with Crippen LogP contribution in [0.5, 0.6) is 0 Å². The molecule has 1 aromatic carbocycles. The third-order valence-electron chi connectivity index (χ3n) is 18.4. The normalized spacial score (nSPS) is 42.4. The van der Waals surface area contributed by atoms with Gasteiger partial charge in [0.1, 0.15) is 0 Å². The van der Waals surface area contributed by atoms with E-state index in [1.54, 1.807) is 0 Å². The SMILES string of the molecule is CC(C)C1=C2[C@H]3CC[C@@H]4[C@@]5(C)CC[C@H](C)C(C)(C)[C@@H]5CC[C@@]4(C)[C@]3(C)CC[C@@]2(C(=O)N2CCC[C@H]2CN2CCC[C@H]2COCc2ccccc2)CC1=O. The highest BCUT2D eigenvalue weighted by Gasteiger charge is 2.71. The van der Waals surface area contributed by atoms with Crippen molar-refractivity contribution in [3.8, 4) is 0 Å². The van der Waals surface area contributed by atoms with Crippen molar-refractivity contribution in [2.45, 2.75) is 158 Å². The first-order valence-corrected chi connectivity index (χ1v) is 22.1. The Morgan fingerprint density at radius 3 is 2.32 bits per heavy atom. The summed E-state index contributed by atoms with van der Waals surface area (Å²) in [4.78, 5) is 34.8. The summed E-state index contributed by atoms with van der Waals surface area (Å²) in [7, 11) is 0. The first kappa shape index (κ1) is 37.9. The molecule has 0 radical (unpaired) electrons. The molecule has 0 aromatic heterocycles. The van der Waals surface area contributed by atoms with E-state index < -0.39 is 5.41 Å². The molecule has 8 rings (SSSR count). The largest absolute Gasteiger partial charge is 0.375 e. The Balaban J connectivity index is 1.05. The fraction of sp³-hybridized carbons (Fsp3) is 0.792. The van der Waals surface area contributed by atoms with Gasteiger partial charge in [-0.05, 0) is 152 Å². The molecule has 2 aliphatic heterocycles. The molecule has 4 saturated carbocycles. The zero-order valence-electron chi connectivity index (χ0n) is 34.8. The minimum absolute atomic E-state index is 0.105. The van der Waals surface area contributed by atoms with Crippen LogP contribution < -0.4 is 0 Å². The zero-order valence-corrected chi connectivity index (χ0v) is 34.8. The highest BCUT2D eigenvalue weighted by molar-refractivity contribution is 6.07. The number of fused-ring (bicyclic) bond motifs is 7. The van der Waals surface area contributed by atoms with E-state index in [1.807, 2.05) is 0 Å². The number of likely N-dealkylation sites (tertiary alicyclic amines) is 2. The van der Waals surface area contributed by atoms with Crippen LogP contribution in [0.1, 0.15) is 144 Å². The van der Waals surface area contributed by atoms with Gasteiger partial charge in [0.15, 0.2) is 5.78 Å². The molecule has 2 saturated heterocycles. The summed E-state index contributed by atoms with van der Waals surface area (Å²) in [6.45, 7) is 24.4. The summed E-state index contributed by atoms with van der Waals surface area (Å²) in [5.74, 6) is 3.33. The van der Waals surface area contributed by atoms with Gasteiger partial charge in [-0.15, -0.1) is 0 Å². The van der Waals surface area contributed by atoms with Crippen molar-refractivity contribution in [3.63, 3.8) is 0 Å². The number of nitrogens with zero attached hydrogens (tertiary/aromatic N) is 2. The fourth-order valence-corrected chi connectivity index (χ4v) is 15.1. The molecule has 7 aliphatic rings. The molecule has 1 amide bonds. The molecule has 0 unspecified atom stereocenters. The Kier molecular flexibility index (Phi) is 9.73. The van der Waals surface area contributed by atoms with Gasteiger partial charge in [-0.1, -0.05) is 85.7 Å². The van der Waals surface area contributed by atoms with E-state index in [0.29, 0.717) is 47.6 Å². The number of allylic oxidation sites excluding steroid dienone is 1. The van der Waals surface area contributed by atoms with E-state index in [-0.39, 0.29) is 28.6 Å². The van der Waals surface area contributed by atoms with E-state index in [1.165, 1.54) is 49.7 Å². The topological polar surface area (TPSA) is 49.9 Å². The number of carbonyl (C=O) groups excluding carboxylic acids is 2. The average molecular weight is 725 g/mol. The van der Waals surface area contributed by atoms with E-state index >= 15 is 4.79 Å². The number of Topliss-reactive ketones (excluding diaryl/α,β-unsaturated/α-hetero) is 1. The first-order valence-electron chi connectivity index (χ1n) is 22.1. The van der Waals surface area contributed by atoms with Gasteiger partial charge in [-0.25, -0.2) is 0 Å². The van der Waals surface area contributed by atoms with Crippen LogP contribution in [-0.4, -0.2) is 59.8 Å². The third-order valence-corrected chi connectivity index (χ3v) is 18.4. The molecule has 10 atom stereocenters. The minimum atomic E-state index is -0.640. The highest BCUT2D eigenvalue weighted by Crippen LogP contribution is 2.77. The second kappa shape index (κ2) is 13.6. The highest BCUT2D eigenvalue weighted by atomic mass is 16.5. The van der Waals surface area contributed by atoms with Crippen LogP contribution in [0.3, 0.4) is 0 Å². The van der Waals surface area contributed by atoms with E-state index in [2.05, 4.69) is 95.5 Å². The molecule has 6 fully saturated rings. The maximum absolute atomic E-state index is 15.5. The van der Waals surface area contributed by atoms with Crippen molar-refractivity contribution in [2.75, 3.05) is 26.2 Å². The molecule has 0 spiro atoms. The summed E-state index contributed by atoms with van der Waals surface area (Å²) in [5, 5.41) is 0. The molecule has 2 heterocycles. The lowest BCUT2D eigenvalue weighted by Crippen LogP contribution is -2.65. The smallest absolute Gasteiger partial charge is 0.233 e. The van der Waals surface area contributed by atoms with Gasteiger partial charge >= 0.3 is 0 Å². The summed E-state index contributed by atoms with van der Waals surface area (Å²) < 4.78 is 6.26. The molecule has 5 aliphatic carbocycles. The Hall–Kier alpha value is -1.98. The number of hydrogen-bond acceptors (Lipinski definition) is 4. The lowest BCUT2D eigenvalue weighted by atomic mass is 9.32. The molecule has 5 heteroatoms. The Morgan fingerprint density at radius 1 is 0.830 bits per heavy atom. The lowest BCUT2D eigenvalue weighted by molar-refractivity contribution is -0.220. The zero-order chi connectivity index (χ0) is 37.6. The Morgan fingerprint density at radius 2 is 1.57 bits per heavy atom. The van der Waals surface area contributed by atoms with Crippen LogP contribution in [0.25, 0.3) is 0 Å². The van der Waals surface area contributed by atoms with Crippen molar-refractivity contribution >= 4 is 11.7 Å². The summed E-state index contributed by atoms with van der Waals surface area (Å²) in [6.07, 6.45) is 14.5. The number of carbonyl (C=O) groups is 2. The lowest BCUT2D eigenvalue weighted by Gasteiger charge is -2.72. The molecule has 0 bridgehead atoms. The van der Waals surface area contributed by atoms with Crippen LogP contribution in [0, 0.1) is 56.7 Å². The molecular weight excluding hydrogens is 653 g/mol. The fourth-order valence-electron chi connectivity index (χ4n) is 15.1. The predicted molar refractivity (Wildman–Crippen MR) is 214 cm³/mol. The maximum atomic E-state index is 15.5. The molecule has 0 N–H and O–H groups in total. The molecule has 292 valence electrons. The standard InChI is InChI=1S/C48H72N2O3/c1-32(2)41-38(51)28-48(43(52)50-27-13-16-35(50)29-49-26-12-17-36(49)31-53-30-34-14-10-9-11-15-34)25-24-46(7)37(42(41)48)18-19-40-45(6)22-20-33(3)44(4,5)39(45)21-23-47(40,46)8/h9-11,14-15,32-33,35-37,39-40H,12-13,16-31H2,1-8H3/t33-,35-,36-,37+,39-,40+,45-,46+,47+,48+/m0/s1. The maximum Gasteiger partial charge on any atom is 0.233 e. The van der Waals surface area contributed by atoms with E-state index in [0.717, 1.165) is 82.2 Å². The third kappa shape index (κ3) is 5.72. The van der Waals surface area contributed by atoms with Crippen LogP contribution in [0.15, 0.2) is 41.5 Å². The van der Waals surface area contributed by atoms with E-state index in [4.69, 9.17) is 4.74 Å². The van der Waals surface area contributed by atoms with Gasteiger partial charge in [0, 0.05) is 31.6 Å². The summed E-state index contributed by atoms with van der Waals surface area (Å²) >= 11 is 0. The molecule has 53 heavy (non-hydrogen) atoms. The van der Waals surface area contributed by atoms with Gasteiger partial charge in [0.05, 0.1) is 18.6 Å². The number of benzene rings is 1.